The molecule has 0 spiro atoms. The van der Waals surface area contributed by atoms with Gasteiger partial charge < -0.3 is 0 Å². The Morgan fingerprint density at radius 3 is 2.79 bits per heavy atom. The molecule has 19 heavy (non-hydrogen) atoms. The van der Waals surface area contributed by atoms with E-state index in [4.69, 9.17) is 11.6 Å². The van der Waals surface area contributed by atoms with Gasteiger partial charge in [0, 0.05) is 22.0 Å². The summed E-state index contributed by atoms with van der Waals surface area (Å²) in [7, 11) is 1.97. The van der Waals surface area contributed by atoms with Crippen LogP contribution in [-0.4, -0.2) is 23.8 Å². The molecule has 0 aliphatic heterocycles. The highest BCUT2D eigenvalue weighted by atomic mass is 35.5. The summed E-state index contributed by atoms with van der Waals surface area (Å²) in [5.41, 5.74) is 0.665. The molecule has 1 unspecified atom stereocenters. The van der Waals surface area contributed by atoms with Gasteiger partial charge in [-0.2, -0.15) is 0 Å². The van der Waals surface area contributed by atoms with Crippen LogP contribution in [0.15, 0.2) is 41.8 Å². The Labute approximate surface area is 122 Å². The molecular formula is C15H16ClNOS. The average Bonchev–Trinajstić information content (AvgIpc) is 2.89. The molecule has 1 heterocycles. The molecule has 0 aliphatic carbocycles. The number of benzene rings is 1. The normalized spacial score (nSPS) is 12.6. The van der Waals surface area contributed by atoms with E-state index in [0.717, 1.165) is 6.54 Å². The molecular weight excluding hydrogens is 278 g/mol. The zero-order chi connectivity index (χ0) is 13.8. The lowest BCUT2D eigenvalue weighted by atomic mass is 10.0. The molecule has 0 fully saturated rings. The van der Waals surface area contributed by atoms with E-state index in [-0.39, 0.29) is 11.8 Å². The van der Waals surface area contributed by atoms with Crippen molar-refractivity contribution < 1.29 is 4.79 Å². The predicted molar refractivity (Wildman–Crippen MR) is 81.0 cm³/mol. The Hall–Kier alpha value is -1.16. The monoisotopic (exact) mass is 293 g/mol. The third-order valence-corrected chi connectivity index (χ3v) is 4.23. The highest BCUT2D eigenvalue weighted by Crippen LogP contribution is 2.17. The largest absolute Gasteiger partial charge is 0.292 e. The molecule has 1 aromatic carbocycles. The van der Waals surface area contributed by atoms with Crippen LogP contribution in [0.5, 0.6) is 0 Å². The quantitative estimate of drug-likeness (QED) is 0.774. The average molecular weight is 294 g/mol. The van der Waals surface area contributed by atoms with Gasteiger partial charge in [0.2, 0.25) is 0 Å². The van der Waals surface area contributed by atoms with Crippen molar-refractivity contribution in [2.24, 2.45) is 0 Å². The summed E-state index contributed by atoms with van der Waals surface area (Å²) in [5.74, 6) is 0.0987. The van der Waals surface area contributed by atoms with Crippen LogP contribution in [0.1, 0.15) is 22.2 Å². The lowest BCUT2D eigenvalue weighted by Gasteiger charge is -2.23. The maximum absolute atomic E-state index is 12.4. The van der Waals surface area contributed by atoms with E-state index >= 15 is 0 Å². The van der Waals surface area contributed by atoms with E-state index in [1.807, 2.05) is 37.6 Å². The number of halogens is 1. The molecule has 2 rings (SSSR count). The maximum Gasteiger partial charge on any atom is 0.179 e. The summed E-state index contributed by atoms with van der Waals surface area (Å²) in [4.78, 5) is 15.7. The maximum atomic E-state index is 12.4. The van der Waals surface area contributed by atoms with Gasteiger partial charge in [-0.05, 0) is 37.6 Å². The molecule has 0 radical (unpaired) electrons. The first-order valence-electron chi connectivity index (χ1n) is 6.10. The van der Waals surface area contributed by atoms with Crippen LogP contribution in [0.3, 0.4) is 0 Å². The summed E-state index contributed by atoms with van der Waals surface area (Å²) in [5, 5.41) is 2.64. The highest BCUT2D eigenvalue weighted by Gasteiger charge is 2.20. The van der Waals surface area contributed by atoms with Crippen LogP contribution in [0.4, 0.5) is 0 Å². The number of likely N-dealkylation sites (N-methyl/N-ethyl adjacent to an activating group) is 1. The first-order chi connectivity index (χ1) is 9.08. The molecule has 0 bridgehead atoms. The van der Waals surface area contributed by atoms with Crippen molar-refractivity contribution in [3.63, 3.8) is 0 Å². The number of thiophene rings is 1. The van der Waals surface area contributed by atoms with Crippen molar-refractivity contribution in [2.75, 3.05) is 7.05 Å². The summed E-state index contributed by atoms with van der Waals surface area (Å²) in [6.45, 7) is 2.71. The lowest BCUT2D eigenvalue weighted by Crippen LogP contribution is -2.35. The Morgan fingerprint density at radius 1 is 1.37 bits per heavy atom. The first-order valence-corrected chi connectivity index (χ1v) is 7.36. The summed E-state index contributed by atoms with van der Waals surface area (Å²) in [6.07, 6.45) is 0. The Kier molecular flexibility index (Phi) is 4.75. The zero-order valence-corrected chi connectivity index (χ0v) is 12.5. The smallest absolute Gasteiger partial charge is 0.179 e. The van der Waals surface area contributed by atoms with Gasteiger partial charge in [-0.3, -0.25) is 9.69 Å². The Balaban J connectivity index is 2.06. The van der Waals surface area contributed by atoms with Gasteiger partial charge in [-0.25, -0.2) is 0 Å². The second-order valence-corrected chi connectivity index (χ2v) is 6.01. The van der Waals surface area contributed by atoms with E-state index in [2.05, 4.69) is 11.0 Å². The number of hydrogen-bond donors (Lipinski definition) is 0. The van der Waals surface area contributed by atoms with Gasteiger partial charge >= 0.3 is 0 Å². The zero-order valence-electron chi connectivity index (χ0n) is 11.0. The fourth-order valence-corrected chi connectivity index (χ4v) is 2.83. The standard InChI is InChI=1S/C15H16ClNOS/c1-11(17(2)10-14-7-4-8-19-14)15(18)12-5-3-6-13(16)9-12/h3-9,11H,10H2,1-2H3. The fourth-order valence-electron chi connectivity index (χ4n) is 1.87. The second-order valence-electron chi connectivity index (χ2n) is 4.55. The summed E-state index contributed by atoms with van der Waals surface area (Å²) < 4.78 is 0. The number of ketones is 1. The highest BCUT2D eigenvalue weighted by molar-refractivity contribution is 7.09. The lowest BCUT2D eigenvalue weighted by molar-refractivity contribution is 0.0863. The van der Waals surface area contributed by atoms with Crippen LogP contribution in [0.2, 0.25) is 5.02 Å². The number of carbonyl (C=O) groups excluding carboxylic acids is 1. The minimum absolute atomic E-state index is 0.0987. The van der Waals surface area contributed by atoms with Gasteiger partial charge in [0.05, 0.1) is 6.04 Å². The Morgan fingerprint density at radius 2 is 2.16 bits per heavy atom. The minimum atomic E-state index is -0.166. The molecule has 0 aliphatic rings. The molecule has 100 valence electrons. The number of nitrogens with zero attached hydrogens (tertiary/aromatic N) is 1. The molecule has 2 nitrogen and oxygen atoms in total. The van der Waals surface area contributed by atoms with E-state index in [0.29, 0.717) is 10.6 Å². The molecule has 2 aromatic rings. The molecule has 1 aromatic heterocycles. The van der Waals surface area contributed by atoms with E-state index in [9.17, 15) is 4.79 Å². The molecule has 0 amide bonds. The van der Waals surface area contributed by atoms with Gasteiger partial charge in [0.25, 0.3) is 0 Å². The van der Waals surface area contributed by atoms with Gasteiger partial charge in [0.15, 0.2) is 5.78 Å². The fraction of sp³-hybridized carbons (Fsp3) is 0.267. The predicted octanol–water partition coefficient (Wildman–Crippen LogP) is 4.10. The molecule has 4 heteroatoms. The SMILES string of the molecule is CC(C(=O)c1cccc(Cl)c1)N(C)Cc1cccs1. The molecule has 0 saturated heterocycles. The Bertz CT molecular complexity index is 553. The van der Waals surface area contributed by atoms with Gasteiger partial charge in [-0.15, -0.1) is 11.3 Å². The van der Waals surface area contributed by atoms with Crippen LogP contribution in [0, 0.1) is 0 Å². The van der Waals surface area contributed by atoms with Crippen LogP contribution < -0.4 is 0 Å². The topological polar surface area (TPSA) is 20.3 Å². The molecule has 1 atom stereocenters. The minimum Gasteiger partial charge on any atom is -0.292 e. The molecule has 0 N–H and O–H groups in total. The van der Waals surface area contributed by atoms with Gasteiger partial charge in [-0.1, -0.05) is 29.8 Å². The number of rotatable bonds is 5. The van der Waals surface area contributed by atoms with Gasteiger partial charge in [0.1, 0.15) is 0 Å². The first kappa shape index (κ1) is 14.3. The van der Waals surface area contributed by atoms with Crippen molar-refractivity contribution in [1.29, 1.82) is 0 Å². The van der Waals surface area contributed by atoms with Crippen LogP contribution in [0.25, 0.3) is 0 Å². The van der Waals surface area contributed by atoms with Crippen molar-refractivity contribution in [1.82, 2.24) is 4.90 Å². The van der Waals surface area contributed by atoms with E-state index < -0.39 is 0 Å². The molecule has 0 saturated carbocycles. The number of carbonyl (C=O) groups is 1. The third kappa shape index (κ3) is 3.66. The van der Waals surface area contributed by atoms with Crippen molar-refractivity contribution in [3.05, 3.63) is 57.2 Å². The summed E-state index contributed by atoms with van der Waals surface area (Å²) in [6, 6.07) is 11.1. The van der Waals surface area contributed by atoms with Crippen LogP contribution in [-0.2, 0) is 6.54 Å². The number of Topliss-reactive ketones (excluding diaryl/α,β-unsaturated/α-hetero) is 1. The van der Waals surface area contributed by atoms with E-state index in [1.54, 1.807) is 23.5 Å². The summed E-state index contributed by atoms with van der Waals surface area (Å²) >= 11 is 7.63. The van der Waals surface area contributed by atoms with Crippen molar-refractivity contribution in [2.45, 2.75) is 19.5 Å². The van der Waals surface area contributed by atoms with E-state index in [1.165, 1.54) is 4.88 Å². The third-order valence-electron chi connectivity index (χ3n) is 3.14. The van der Waals surface area contributed by atoms with Crippen LogP contribution >= 0.6 is 22.9 Å². The van der Waals surface area contributed by atoms with Crippen molar-refractivity contribution in [3.8, 4) is 0 Å². The van der Waals surface area contributed by atoms with Crippen molar-refractivity contribution >= 4 is 28.7 Å². The second kappa shape index (κ2) is 6.33. The number of hydrogen-bond acceptors (Lipinski definition) is 3.